The molecular weight excluding hydrogens is 525 g/mol. The van der Waals surface area contributed by atoms with E-state index in [-0.39, 0.29) is 40.1 Å². The fraction of sp³-hybridized carbons (Fsp3) is 0.138. The van der Waals surface area contributed by atoms with Crippen LogP contribution in [-0.2, 0) is 11.8 Å². The molecule has 1 amide bonds. The molecule has 11 heteroatoms. The van der Waals surface area contributed by atoms with Crippen molar-refractivity contribution in [1.82, 2.24) is 14.5 Å². The number of aryl methyl sites for hydroxylation is 2. The molecule has 0 spiro atoms. The summed E-state index contributed by atoms with van der Waals surface area (Å²) in [4.78, 5) is 47.0. The van der Waals surface area contributed by atoms with Gasteiger partial charge in [0.15, 0.2) is 11.6 Å². The van der Waals surface area contributed by atoms with Crippen LogP contribution in [0, 0.1) is 24.4 Å². The predicted molar refractivity (Wildman–Crippen MR) is 143 cm³/mol. The van der Waals surface area contributed by atoms with E-state index in [1.807, 2.05) is 0 Å². The summed E-state index contributed by atoms with van der Waals surface area (Å²) in [7, 11) is 1.55. The van der Waals surface area contributed by atoms with Crippen LogP contribution in [-0.4, -0.2) is 26.4 Å². The van der Waals surface area contributed by atoms with E-state index in [2.05, 4.69) is 15.3 Å². The van der Waals surface area contributed by atoms with Gasteiger partial charge < -0.3 is 14.6 Å². The third-order valence-corrected chi connectivity index (χ3v) is 6.49. The second-order valence-electron chi connectivity index (χ2n) is 8.97. The van der Waals surface area contributed by atoms with Gasteiger partial charge in [0.25, 0.3) is 11.5 Å². The van der Waals surface area contributed by atoms with Crippen molar-refractivity contribution in [1.29, 1.82) is 0 Å². The molecule has 1 N–H and O–H groups in total. The maximum Gasteiger partial charge on any atom is 0.310 e. The zero-order valence-corrected chi connectivity index (χ0v) is 21.5. The molecule has 202 valence electrons. The summed E-state index contributed by atoms with van der Waals surface area (Å²) in [6.45, 7) is 3.27. The summed E-state index contributed by atoms with van der Waals surface area (Å²) in [5.74, 6) is -4.40. The van der Waals surface area contributed by atoms with Gasteiger partial charge in [0, 0.05) is 24.4 Å². The Morgan fingerprint density at radius 2 is 1.75 bits per heavy atom. The van der Waals surface area contributed by atoms with E-state index < -0.39 is 40.5 Å². The van der Waals surface area contributed by atoms with Crippen molar-refractivity contribution in [3.63, 3.8) is 0 Å². The molecular formula is C29H21F3N4O4. The van der Waals surface area contributed by atoms with Crippen molar-refractivity contribution in [2.45, 2.75) is 20.3 Å². The Balaban J connectivity index is 1.74. The minimum absolute atomic E-state index is 0.0532. The number of pyridine rings is 1. The molecule has 40 heavy (non-hydrogen) atoms. The number of carbonyl (C=O) groups excluding carboxylic acids is 2. The van der Waals surface area contributed by atoms with Gasteiger partial charge in [-0.25, -0.2) is 23.1 Å². The molecule has 0 aliphatic rings. The first-order valence-electron chi connectivity index (χ1n) is 12.2. The lowest BCUT2D eigenvalue weighted by molar-refractivity contribution is -0.133. The number of aromatic nitrogens is 3. The van der Waals surface area contributed by atoms with Crippen LogP contribution in [0.15, 0.2) is 59.5 Å². The summed E-state index contributed by atoms with van der Waals surface area (Å²) >= 11 is 0. The van der Waals surface area contributed by atoms with Crippen molar-refractivity contribution in [3.05, 3.63) is 93.7 Å². The van der Waals surface area contributed by atoms with Crippen molar-refractivity contribution >= 4 is 39.6 Å². The molecule has 5 aromatic rings. The Hall–Kier alpha value is -5.06. The molecule has 0 aliphatic heterocycles. The average Bonchev–Trinajstić information content (AvgIpc) is 2.92. The summed E-state index contributed by atoms with van der Waals surface area (Å²) in [6.07, 6.45) is 1.21. The Kier molecular flexibility index (Phi) is 6.80. The highest BCUT2D eigenvalue weighted by molar-refractivity contribution is 6.05. The van der Waals surface area contributed by atoms with E-state index in [1.54, 1.807) is 20.9 Å². The van der Waals surface area contributed by atoms with Crippen molar-refractivity contribution in [2.75, 3.05) is 5.32 Å². The first-order valence-corrected chi connectivity index (χ1v) is 12.2. The number of rotatable bonds is 5. The lowest BCUT2D eigenvalue weighted by Gasteiger charge is -2.16. The molecule has 8 nitrogen and oxygen atoms in total. The van der Waals surface area contributed by atoms with Crippen LogP contribution >= 0.6 is 0 Å². The van der Waals surface area contributed by atoms with Crippen LogP contribution < -0.4 is 15.6 Å². The summed E-state index contributed by atoms with van der Waals surface area (Å²) in [5.41, 5.74) is 0.336. The first-order chi connectivity index (χ1) is 19.1. The maximum absolute atomic E-state index is 14.2. The number of nitrogens with zero attached hydrogens (tertiary/aromatic N) is 3. The van der Waals surface area contributed by atoms with E-state index in [4.69, 9.17) is 4.74 Å². The van der Waals surface area contributed by atoms with E-state index in [0.717, 1.165) is 24.4 Å². The first kappa shape index (κ1) is 26.5. The number of hydrogen-bond acceptors (Lipinski definition) is 6. The predicted octanol–water partition coefficient (Wildman–Crippen LogP) is 5.44. The number of nitrogens with one attached hydrogen (secondary N) is 1. The number of carbonyl (C=O) groups is 2. The number of halogens is 3. The van der Waals surface area contributed by atoms with Gasteiger partial charge >= 0.3 is 5.97 Å². The molecule has 0 radical (unpaired) electrons. The van der Waals surface area contributed by atoms with Crippen LogP contribution in [0.4, 0.5) is 19.0 Å². The monoisotopic (exact) mass is 546 g/mol. The lowest BCUT2D eigenvalue weighted by Crippen LogP contribution is -2.21. The molecule has 0 fully saturated rings. The van der Waals surface area contributed by atoms with Crippen LogP contribution in [0.25, 0.3) is 33.1 Å². The Morgan fingerprint density at radius 1 is 1.02 bits per heavy atom. The highest BCUT2D eigenvalue weighted by Gasteiger charge is 2.22. The SMILES string of the molecule is CCC(=O)Oc1ccc(-c2c(C)c3cc(F)ccc3n(C)c2=O)c2nc(NC(=O)c3c(F)cccc3F)cnc12. The van der Waals surface area contributed by atoms with Crippen molar-refractivity contribution in [3.8, 4) is 16.9 Å². The van der Waals surface area contributed by atoms with Gasteiger partial charge in [0.05, 0.1) is 17.3 Å². The van der Waals surface area contributed by atoms with Gasteiger partial charge in [-0.3, -0.25) is 14.4 Å². The topological polar surface area (TPSA) is 103 Å². The molecule has 2 aromatic heterocycles. The third-order valence-electron chi connectivity index (χ3n) is 6.49. The minimum Gasteiger partial charge on any atom is -0.424 e. The summed E-state index contributed by atoms with van der Waals surface area (Å²) in [5, 5.41) is 2.81. The maximum atomic E-state index is 14.2. The van der Waals surface area contributed by atoms with E-state index in [0.29, 0.717) is 16.5 Å². The average molecular weight is 547 g/mol. The van der Waals surface area contributed by atoms with Crippen LogP contribution in [0.2, 0.25) is 0 Å². The summed E-state index contributed by atoms with van der Waals surface area (Å²) in [6, 6.07) is 10.0. The van der Waals surface area contributed by atoms with Crippen molar-refractivity contribution in [2.24, 2.45) is 7.05 Å². The van der Waals surface area contributed by atoms with Gasteiger partial charge in [-0.05, 0) is 55.0 Å². The second-order valence-corrected chi connectivity index (χ2v) is 8.97. The second kappa shape index (κ2) is 10.3. The number of anilines is 1. The molecule has 0 saturated carbocycles. The quantitative estimate of drug-likeness (QED) is 0.233. The van der Waals surface area contributed by atoms with E-state index in [1.165, 1.54) is 34.9 Å². The standard InChI is InChI=1S/C29H21F3N4O4/c1-4-23(37)40-21-11-9-16(24-14(2)17-12-15(30)8-10-20(17)36(3)29(24)39)26-27(21)33-13-22(34-26)35-28(38)25-18(31)6-5-7-19(25)32/h5-13H,4H2,1-3H3,(H,34,35,38). The van der Waals surface area contributed by atoms with Crippen LogP contribution in [0.5, 0.6) is 5.75 Å². The molecule has 5 rings (SSSR count). The third kappa shape index (κ3) is 4.55. The van der Waals surface area contributed by atoms with Gasteiger partial charge in [-0.15, -0.1) is 0 Å². The molecule has 2 heterocycles. The zero-order chi connectivity index (χ0) is 28.7. The fourth-order valence-corrected chi connectivity index (χ4v) is 4.50. The summed E-state index contributed by atoms with van der Waals surface area (Å²) < 4.78 is 49.3. The number of hydrogen-bond donors (Lipinski definition) is 1. The molecule has 0 saturated heterocycles. The Labute approximate surface area is 225 Å². The molecule has 0 unspecified atom stereocenters. The largest absolute Gasteiger partial charge is 0.424 e. The number of benzene rings is 3. The number of fused-ring (bicyclic) bond motifs is 2. The molecule has 0 aliphatic carbocycles. The fourth-order valence-electron chi connectivity index (χ4n) is 4.50. The lowest BCUT2D eigenvalue weighted by atomic mass is 9.96. The highest BCUT2D eigenvalue weighted by Crippen LogP contribution is 2.35. The normalized spacial score (nSPS) is 11.2. The number of amides is 1. The molecule has 0 bridgehead atoms. The van der Waals surface area contributed by atoms with Crippen LogP contribution in [0.1, 0.15) is 29.3 Å². The Morgan fingerprint density at radius 3 is 2.45 bits per heavy atom. The van der Waals surface area contributed by atoms with Gasteiger partial charge in [-0.1, -0.05) is 13.0 Å². The van der Waals surface area contributed by atoms with Gasteiger partial charge in [0.2, 0.25) is 0 Å². The molecule has 0 atom stereocenters. The molecule has 3 aromatic carbocycles. The van der Waals surface area contributed by atoms with Gasteiger partial charge in [0.1, 0.15) is 34.0 Å². The van der Waals surface area contributed by atoms with Gasteiger partial charge in [-0.2, -0.15) is 0 Å². The smallest absolute Gasteiger partial charge is 0.310 e. The minimum atomic E-state index is -1.10. The van der Waals surface area contributed by atoms with E-state index >= 15 is 0 Å². The number of ether oxygens (including phenoxy) is 1. The Bertz CT molecular complexity index is 1900. The highest BCUT2D eigenvalue weighted by atomic mass is 19.1. The van der Waals surface area contributed by atoms with Crippen LogP contribution in [0.3, 0.4) is 0 Å². The van der Waals surface area contributed by atoms with Crippen molar-refractivity contribution < 1.29 is 27.5 Å². The zero-order valence-electron chi connectivity index (χ0n) is 21.5. The number of esters is 1. The van der Waals surface area contributed by atoms with E-state index in [9.17, 15) is 27.6 Å².